The third-order valence-corrected chi connectivity index (χ3v) is 2.51. The van der Waals surface area contributed by atoms with Crippen LogP contribution in [0.1, 0.15) is 31.7 Å². The summed E-state index contributed by atoms with van der Waals surface area (Å²) >= 11 is 0. The molecular formula is C12H23N3. The molecule has 0 radical (unpaired) electrons. The van der Waals surface area contributed by atoms with E-state index in [4.69, 9.17) is 0 Å². The van der Waals surface area contributed by atoms with Crippen molar-refractivity contribution in [1.29, 1.82) is 0 Å². The maximum Gasteiger partial charge on any atom is 0.0596 e. The number of rotatable bonds is 6. The van der Waals surface area contributed by atoms with Gasteiger partial charge in [-0.05, 0) is 45.3 Å². The first kappa shape index (κ1) is 12.2. The van der Waals surface area contributed by atoms with Crippen LogP contribution in [0.4, 0.5) is 0 Å². The highest BCUT2D eigenvalue weighted by Gasteiger charge is 2.06. The van der Waals surface area contributed by atoms with Crippen molar-refractivity contribution >= 4 is 0 Å². The predicted octanol–water partition coefficient (Wildman–Crippen LogP) is 2.14. The van der Waals surface area contributed by atoms with Crippen molar-refractivity contribution in [3.8, 4) is 0 Å². The van der Waals surface area contributed by atoms with Crippen LogP contribution >= 0.6 is 0 Å². The van der Waals surface area contributed by atoms with Gasteiger partial charge in [-0.3, -0.25) is 4.68 Å². The minimum atomic E-state index is 0.634. The van der Waals surface area contributed by atoms with Crippen LogP contribution in [0.3, 0.4) is 0 Å². The fourth-order valence-electron chi connectivity index (χ4n) is 1.74. The summed E-state index contributed by atoms with van der Waals surface area (Å²) in [5, 5.41) is 7.91. The molecular weight excluding hydrogens is 186 g/mol. The Balaban J connectivity index is 2.37. The van der Waals surface area contributed by atoms with Crippen molar-refractivity contribution in [3.63, 3.8) is 0 Å². The van der Waals surface area contributed by atoms with Crippen molar-refractivity contribution in [3.05, 3.63) is 17.5 Å². The Morgan fingerprint density at radius 3 is 2.73 bits per heavy atom. The highest BCUT2D eigenvalue weighted by Crippen LogP contribution is 2.05. The van der Waals surface area contributed by atoms with E-state index in [9.17, 15) is 0 Å². The molecule has 1 rings (SSSR count). The van der Waals surface area contributed by atoms with Crippen molar-refractivity contribution in [2.45, 2.75) is 40.7 Å². The van der Waals surface area contributed by atoms with E-state index in [2.05, 4.69) is 41.9 Å². The monoisotopic (exact) mass is 209 g/mol. The van der Waals surface area contributed by atoms with E-state index in [1.165, 1.54) is 12.1 Å². The van der Waals surface area contributed by atoms with Gasteiger partial charge in [0.2, 0.25) is 0 Å². The maximum atomic E-state index is 4.47. The van der Waals surface area contributed by atoms with Gasteiger partial charge >= 0.3 is 0 Å². The maximum absolute atomic E-state index is 4.47. The van der Waals surface area contributed by atoms with E-state index < -0.39 is 0 Å². The van der Waals surface area contributed by atoms with Gasteiger partial charge in [-0.2, -0.15) is 5.10 Å². The molecule has 0 aromatic carbocycles. The van der Waals surface area contributed by atoms with Gasteiger partial charge in [0.15, 0.2) is 0 Å². The summed E-state index contributed by atoms with van der Waals surface area (Å²) in [6.45, 7) is 11.8. The van der Waals surface area contributed by atoms with Crippen LogP contribution in [0.25, 0.3) is 0 Å². The third kappa shape index (κ3) is 4.04. The first-order valence-electron chi connectivity index (χ1n) is 5.85. The van der Waals surface area contributed by atoms with Crippen molar-refractivity contribution in [1.82, 2.24) is 15.1 Å². The molecule has 1 atom stereocenters. The molecule has 0 aliphatic carbocycles. The molecule has 0 bridgehead atoms. The lowest BCUT2D eigenvalue weighted by Gasteiger charge is -2.13. The Kier molecular flexibility index (Phi) is 4.82. The van der Waals surface area contributed by atoms with E-state index >= 15 is 0 Å². The molecule has 1 aromatic rings. The summed E-state index contributed by atoms with van der Waals surface area (Å²) in [5.41, 5.74) is 2.37. The number of hydrogen-bond donors (Lipinski definition) is 1. The molecule has 0 amide bonds. The van der Waals surface area contributed by atoms with Gasteiger partial charge in [0.25, 0.3) is 0 Å². The lowest BCUT2D eigenvalue weighted by atomic mass is 10.2. The number of nitrogens with one attached hydrogen (secondary N) is 1. The van der Waals surface area contributed by atoms with Crippen LogP contribution < -0.4 is 5.32 Å². The quantitative estimate of drug-likeness (QED) is 0.727. The fourth-order valence-corrected chi connectivity index (χ4v) is 1.74. The molecule has 3 heteroatoms. The van der Waals surface area contributed by atoms with Crippen LogP contribution in [0.2, 0.25) is 0 Å². The zero-order valence-electron chi connectivity index (χ0n) is 10.4. The van der Waals surface area contributed by atoms with Crippen LogP contribution in [0.5, 0.6) is 0 Å². The molecule has 1 unspecified atom stereocenters. The zero-order valence-corrected chi connectivity index (χ0v) is 10.4. The first-order valence-corrected chi connectivity index (χ1v) is 5.85. The van der Waals surface area contributed by atoms with Gasteiger partial charge in [0, 0.05) is 12.2 Å². The highest BCUT2D eigenvalue weighted by atomic mass is 15.3. The van der Waals surface area contributed by atoms with Crippen molar-refractivity contribution in [2.75, 3.05) is 13.1 Å². The number of hydrogen-bond acceptors (Lipinski definition) is 2. The number of aryl methyl sites for hydroxylation is 2. The van der Waals surface area contributed by atoms with Gasteiger partial charge in [-0.25, -0.2) is 0 Å². The van der Waals surface area contributed by atoms with Crippen molar-refractivity contribution < 1.29 is 0 Å². The van der Waals surface area contributed by atoms with E-state index in [0.717, 1.165) is 25.3 Å². The Morgan fingerprint density at radius 2 is 2.20 bits per heavy atom. The fraction of sp³-hybridized carbons (Fsp3) is 0.750. The highest BCUT2D eigenvalue weighted by molar-refractivity contribution is 5.06. The van der Waals surface area contributed by atoms with E-state index in [-0.39, 0.29) is 0 Å². The van der Waals surface area contributed by atoms with Gasteiger partial charge in [-0.1, -0.05) is 13.8 Å². The Hall–Kier alpha value is -0.830. The van der Waals surface area contributed by atoms with E-state index in [0.29, 0.717) is 5.92 Å². The molecule has 86 valence electrons. The Bertz CT molecular complexity index is 291. The number of nitrogens with zero attached hydrogens (tertiary/aromatic N) is 2. The van der Waals surface area contributed by atoms with Crippen LogP contribution in [0, 0.1) is 19.8 Å². The normalized spacial score (nSPS) is 13.1. The SMILES string of the molecule is CCCNCC(C)Cn1nc(C)cc1C. The molecule has 1 aromatic heterocycles. The molecule has 3 nitrogen and oxygen atoms in total. The molecule has 0 saturated heterocycles. The average Bonchev–Trinajstić information content (AvgIpc) is 2.45. The van der Waals surface area contributed by atoms with Crippen LogP contribution in [0.15, 0.2) is 6.07 Å². The summed E-state index contributed by atoms with van der Waals surface area (Å²) in [6.07, 6.45) is 1.20. The lowest BCUT2D eigenvalue weighted by molar-refractivity contribution is 0.416. The molecule has 15 heavy (non-hydrogen) atoms. The summed E-state index contributed by atoms with van der Waals surface area (Å²) < 4.78 is 2.10. The molecule has 0 aliphatic heterocycles. The molecule has 0 saturated carbocycles. The van der Waals surface area contributed by atoms with Crippen molar-refractivity contribution in [2.24, 2.45) is 5.92 Å². The minimum Gasteiger partial charge on any atom is -0.316 e. The second-order valence-corrected chi connectivity index (χ2v) is 4.42. The van der Waals surface area contributed by atoms with Gasteiger partial charge < -0.3 is 5.32 Å². The molecule has 1 N–H and O–H groups in total. The first-order chi connectivity index (χ1) is 7.13. The molecule has 0 aliphatic rings. The average molecular weight is 209 g/mol. The summed E-state index contributed by atoms with van der Waals surface area (Å²) in [4.78, 5) is 0. The standard InChI is InChI=1S/C12H23N3/c1-5-6-13-8-10(2)9-15-12(4)7-11(3)14-15/h7,10,13H,5-6,8-9H2,1-4H3. The van der Waals surface area contributed by atoms with Crippen LogP contribution in [-0.4, -0.2) is 22.9 Å². The lowest BCUT2D eigenvalue weighted by Crippen LogP contribution is -2.25. The van der Waals surface area contributed by atoms with Gasteiger partial charge in [-0.15, -0.1) is 0 Å². The summed E-state index contributed by atoms with van der Waals surface area (Å²) in [6, 6.07) is 2.13. The minimum absolute atomic E-state index is 0.634. The predicted molar refractivity (Wildman–Crippen MR) is 64.0 cm³/mol. The third-order valence-electron chi connectivity index (χ3n) is 2.51. The van der Waals surface area contributed by atoms with E-state index in [1.807, 2.05) is 6.92 Å². The molecule has 1 heterocycles. The number of aromatic nitrogens is 2. The zero-order chi connectivity index (χ0) is 11.3. The van der Waals surface area contributed by atoms with E-state index in [1.54, 1.807) is 0 Å². The van der Waals surface area contributed by atoms with Gasteiger partial charge in [0.05, 0.1) is 5.69 Å². The summed E-state index contributed by atoms with van der Waals surface area (Å²) in [7, 11) is 0. The second-order valence-electron chi connectivity index (χ2n) is 4.42. The Morgan fingerprint density at radius 1 is 1.47 bits per heavy atom. The largest absolute Gasteiger partial charge is 0.316 e. The molecule has 0 fully saturated rings. The van der Waals surface area contributed by atoms with Crippen LogP contribution in [-0.2, 0) is 6.54 Å². The Labute approximate surface area is 92.9 Å². The topological polar surface area (TPSA) is 29.9 Å². The molecule has 0 spiro atoms. The van der Waals surface area contributed by atoms with Gasteiger partial charge in [0.1, 0.15) is 0 Å². The summed E-state index contributed by atoms with van der Waals surface area (Å²) in [5.74, 6) is 0.634. The second kappa shape index (κ2) is 5.91. The smallest absolute Gasteiger partial charge is 0.0596 e.